The summed E-state index contributed by atoms with van der Waals surface area (Å²) in [5.74, 6) is -1.12. The van der Waals surface area contributed by atoms with Crippen LogP contribution >= 0.6 is 11.6 Å². The van der Waals surface area contributed by atoms with Crippen molar-refractivity contribution in [3.8, 4) is 0 Å². The third-order valence-corrected chi connectivity index (χ3v) is 4.53. The number of likely N-dealkylation sites (N-methyl/N-ethyl adjacent to an activating group) is 1. The average molecular weight is 341 g/mol. The number of benzene rings is 1. The quantitative estimate of drug-likeness (QED) is 0.763. The SMILES string of the molecule is CC[C@H](C)[C@H](NCC(=O)N(C)C(C)c1ccc(Cl)cc1)C(=O)O. The van der Waals surface area contributed by atoms with Crippen LogP contribution in [-0.2, 0) is 9.59 Å². The third-order valence-electron chi connectivity index (χ3n) is 4.28. The Morgan fingerprint density at radius 3 is 2.30 bits per heavy atom. The number of hydrogen-bond donors (Lipinski definition) is 2. The smallest absolute Gasteiger partial charge is 0.320 e. The maximum absolute atomic E-state index is 12.3. The molecule has 0 aromatic heterocycles. The highest BCUT2D eigenvalue weighted by molar-refractivity contribution is 6.30. The molecular formula is C17H25ClN2O3. The molecule has 0 bridgehead atoms. The van der Waals surface area contributed by atoms with Crippen LogP contribution in [0.25, 0.3) is 0 Å². The normalized spacial score (nSPS) is 14.8. The first-order valence-corrected chi connectivity index (χ1v) is 8.13. The molecule has 0 aliphatic heterocycles. The van der Waals surface area contributed by atoms with Crippen LogP contribution in [0.4, 0.5) is 0 Å². The molecule has 0 aliphatic carbocycles. The molecule has 0 radical (unpaired) electrons. The zero-order valence-corrected chi connectivity index (χ0v) is 14.8. The predicted octanol–water partition coefficient (Wildman–Crippen LogP) is 2.95. The first-order valence-electron chi connectivity index (χ1n) is 7.75. The number of nitrogens with zero attached hydrogens (tertiary/aromatic N) is 1. The van der Waals surface area contributed by atoms with Crippen LogP contribution in [0.5, 0.6) is 0 Å². The lowest BCUT2D eigenvalue weighted by atomic mass is 9.99. The van der Waals surface area contributed by atoms with Crippen molar-refractivity contribution in [3.63, 3.8) is 0 Å². The summed E-state index contributed by atoms with van der Waals surface area (Å²) in [6.07, 6.45) is 0.731. The number of nitrogens with one attached hydrogen (secondary N) is 1. The Balaban J connectivity index is 2.65. The van der Waals surface area contributed by atoms with E-state index < -0.39 is 12.0 Å². The van der Waals surface area contributed by atoms with E-state index in [9.17, 15) is 14.7 Å². The minimum Gasteiger partial charge on any atom is -0.480 e. The van der Waals surface area contributed by atoms with Crippen molar-refractivity contribution < 1.29 is 14.7 Å². The zero-order valence-electron chi connectivity index (χ0n) is 14.0. The Labute approximate surface area is 142 Å². The number of rotatable bonds is 8. The molecule has 0 saturated heterocycles. The zero-order chi connectivity index (χ0) is 17.6. The van der Waals surface area contributed by atoms with Gasteiger partial charge in [-0.05, 0) is 30.5 Å². The summed E-state index contributed by atoms with van der Waals surface area (Å²) in [5.41, 5.74) is 0.974. The molecule has 23 heavy (non-hydrogen) atoms. The van der Waals surface area contributed by atoms with Crippen LogP contribution in [0.3, 0.4) is 0 Å². The van der Waals surface area contributed by atoms with Gasteiger partial charge >= 0.3 is 5.97 Å². The molecule has 5 nitrogen and oxygen atoms in total. The van der Waals surface area contributed by atoms with Gasteiger partial charge in [0.25, 0.3) is 0 Å². The van der Waals surface area contributed by atoms with E-state index in [-0.39, 0.29) is 24.4 Å². The Hall–Kier alpha value is -1.59. The topological polar surface area (TPSA) is 69.6 Å². The van der Waals surface area contributed by atoms with Gasteiger partial charge in [0, 0.05) is 12.1 Å². The van der Waals surface area contributed by atoms with Gasteiger partial charge < -0.3 is 10.0 Å². The molecule has 1 aromatic rings. The van der Waals surface area contributed by atoms with Crippen LogP contribution < -0.4 is 5.32 Å². The van der Waals surface area contributed by atoms with Crippen molar-refractivity contribution in [1.29, 1.82) is 0 Å². The number of carboxylic acids is 1. The van der Waals surface area contributed by atoms with Crippen LogP contribution in [0.1, 0.15) is 38.8 Å². The van der Waals surface area contributed by atoms with Gasteiger partial charge in [0.15, 0.2) is 0 Å². The first-order chi connectivity index (χ1) is 10.8. The summed E-state index contributed by atoms with van der Waals surface area (Å²) in [5, 5.41) is 12.7. The van der Waals surface area contributed by atoms with E-state index in [2.05, 4.69) is 5.32 Å². The molecule has 1 aromatic carbocycles. The lowest BCUT2D eigenvalue weighted by Crippen LogP contribution is -2.47. The number of halogens is 1. The van der Waals surface area contributed by atoms with Crippen LogP contribution in [-0.4, -0.2) is 41.5 Å². The first kappa shape index (κ1) is 19.5. The number of carbonyl (C=O) groups is 2. The lowest BCUT2D eigenvalue weighted by Gasteiger charge is -2.27. The largest absolute Gasteiger partial charge is 0.480 e. The summed E-state index contributed by atoms with van der Waals surface area (Å²) >= 11 is 5.87. The molecule has 2 N–H and O–H groups in total. The molecule has 3 atom stereocenters. The molecule has 6 heteroatoms. The van der Waals surface area contributed by atoms with Crippen molar-refractivity contribution in [1.82, 2.24) is 10.2 Å². The van der Waals surface area contributed by atoms with Crippen molar-refractivity contribution in [2.24, 2.45) is 5.92 Å². The highest BCUT2D eigenvalue weighted by atomic mass is 35.5. The fourth-order valence-corrected chi connectivity index (χ4v) is 2.40. The van der Waals surface area contributed by atoms with Crippen molar-refractivity contribution in [2.45, 2.75) is 39.3 Å². The monoisotopic (exact) mass is 340 g/mol. The number of aliphatic carboxylic acids is 1. The Bertz CT molecular complexity index is 533. The predicted molar refractivity (Wildman–Crippen MR) is 91.5 cm³/mol. The molecule has 0 aliphatic rings. The van der Waals surface area contributed by atoms with Gasteiger partial charge in [0.1, 0.15) is 6.04 Å². The van der Waals surface area contributed by atoms with E-state index in [1.54, 1.807) is 24.1 Å². The fraction of sp³-hybridized carbons (Fsp3) is 0.529. The lowest BCUT2D eigenvalue weighted by molar-refractivity contribution is -0.141. The fourth-order valence-electron chi connectivity index (χ4n) is 2.27. The molecule has 0 saturated carbocycles. The second kappa shape index (κ2) is 8.89. The van der Waals surface area contributed by atoms with Gasteiger partial charge in [-0.3, -0.25) is 14.9 Å². The summed E-state index contributed by atoms with van der Waals surface area (Å²) in [6, 6.07) is 6.49. The van der Waals surface area contributed by atoms with Gasteiger partial charge in [-0.2, -0.15) is 0 Å². The van der Waals surface area contributed by atoms with Gasteiger partial charge in [-0.25, -0.2) is 0 Å². The minimum atomic E-state index is -0.930. The molecule has 1 amide bonds. The van der Waals surface area contributed by atoms with E-state index in [1.165, 1.54) is 0 Å². The second-order valence-corrected chi connectivity index (χ2v) is 6.25. The van der Waals surface area contributed by atoms with Gasteiger partial charge in [-0.1, -0.05) is 44.0 Å². The van der Waals surface area contributed by atoms with Gasteiger partial charge in [0.05, 0.1) is 12.6 Å². The third kappa shape index (κ3) is 5.52. The molecule has 0 spiro atoms. The molecule has 0 fully saturated rings. The van der Waals surface area contributed by atoms with Gasteiger partial charge in [-0.15, -0.1) is 0 Å². The molecule has 0 heterocycles. The van der Waals surface area contributed by atoms with Crippen LogP contribution in [0.15, 0.2) is 24.3 Å². The van der Waals surface area contributed by atoms with E-state index in [4.69, 9.17) is 11.6 Å². The molecule has 128 valence electrons. The number of amides is 1. The number of carboxylic acid groups (broad SMARTS) is 1. The second-order valence-electron chi connectivity index (χ2n) is 5.81. The van der Waals surface area contributed by atoms with E-state index in [0.29, 0.717) is 5.02 Å². The van der Waals surface area contributed by atoms with E-state index >= 15 is 0 Å². The maximum atomic E-state index is 12.3. The van der Waals surface area contributed by atoms with Crippen molar-refractivity contribution in [3.05, 3.63) is 34.9 Å². The van der Waals surface area contributed by atoms with Gasteiger partial charge in [0.2, 0.25) is 5.91 Å². The van der Waals surface area contributed by atoms with E-state index in [0.717, 1.165) is 12.0 Å². The minimum absolute atomic E-state index is 0.00423. The Morgan fingerprint density at radius 2 is 1.83 bits per heavy atom. The van der Waals surface area contributed by atoms with Crippen LogP contribution in [0.2, 0.25) is 5.02 Å². The van der Waals surface area contributed by atoms with Crippen LogP contribution in [0, 0.1) is 5.92 Å². The highest BCUT2D eigenvalue weighted by Crippen LogP contribution is 2.20. The molecular weight excluding hydrogens is 316 g/mol. The summed E-state index contributed by atoms with van der Waals surface area (Å²) in [4.78, 5) is 25.2. The molecule has 1 unspecified atom stereocenters. The number of hydrogen-bond acceptors (Lipinski definition) is 3. The maximum Gasteiger partial charge on any atom is 0.320 e. The van der Waals surface area contributed by atoms with Crippen molar-refractivity contribution >= 4 is 23.5 Å². The summed E-state index contributed by atoms with van der Waals surface area (Å²) in [6.45, 7) is 5.70. The van der Waals surface area contributed by atoms with E-state index in [1.807, 2.05) is 32.9 Å². The average Bonchev–Trinajstić information content (AvgIpc) is 2.53. The summed E-state index contributed by atoms with van der Waals surface area (Å²) < 4.78 is 0. The molecule has 1 rings (SSSR count). The van der Waals surface area contributed by atoms with Crippen molar-refractivity contribution in [2.75, 3.05) is 13.6 Å². The Kier molecular flexibility index (Phi) is 7.52. The Morgan fingerprint density at radius 1 is 1.26 bits per heavy atom. The highest BCUT2D eigenvalue weighted by Gasteiger charge is 2.25. The standard InChI is InChI=1S/C17H25ClN2O3/c1-5-11(2)16(17(22)23)19-10-15(21)20(4)12(3)13-6-8-14(18)9-7-13/h6-9,11-12,16,19H,5,10H2,1-4H3,(H,22,23)/t11-,12?,16-/m0/s1. The number of carbonyl (C=O) groups excluding carboxylic acids is 1. The summed E-state index contributed by atoms with van der Waals surface area (Å²) in [7, 11) is 1.71.